The third-order valence-electron chi connectivity index (χ3n) is 3.76. The predicted octanol–water partition coefficient (Wildman–Crippen LogP) is 3.27. The van der Waals surface area contributed by atoms with E-state index in [9.17, 15) is 18.3 Å². The van der Waals surface area contributed by atoms with Crippen molar-refractivity contribution in [1.29, 1.82) is 0 Å². The molecule has 3 N–H and O–H groups in total. The summed E-state index contributed by atoms with van der Waals surface area (Å²) >= 11 is 4.23. The molecule has 9 heteroatoms. The minimum absolute atomic E-state index is 0.0458. The zero-order valence-corrected chi connectivity index (χ0v) is 16.3. The lowest BCUT2D eigenvalue weighted by atomic mass is 10.0. The highest BCUT2D eigenvalue weighted by Crippen LogP contribution is 2.26. The third-order valence-corrected chi connectivity index (χ3v) is 7.34. The Kier molecular flexibility index (Phi) is 5.01. The van der Waals surface area contributed by atoms with E-state index in [2.05, 4.69) is 25.6 Å². The normalized spacial score (nSPS) is 13.2. The predicted molar refractivity (Wildman–Crippen MR) is 101 cm³/mol. The van der Waals surface area contributed by atoms with Crippen molar-refractivity contribution in [3.63, 3.8) is 0 Å². The Morgan fingerprint density at radius 1 is 1.36 bits per heavy atom. The Hall–Kier alpha value is -1.68. The Bertz CT molecular complexity index is 1040. The van der Waals surface area contributed by atoms with Gasteiger partial charge >= 0.3 is 5.97 Å². The number of fused-ring (bicyclic) bond motifs is 1. The molecule has 2 heterocycles. The number of benzene rings is 1. The topological polar surface area (TPSA) is 99.3 Å². The molecule has 0 bridgehead atoms. The minimum Gasteiger partial charge on any atom is -0.480 e. The highest BCUT2D eigenvalue weighted by molar-refractivity contribution is 9.11. The summed E-state index contributed by atoms with van der Waals surface area (Å²) in [6, 6.07) is 7.58. The second kappa shape index (κ2) is 6.91. The number of rotatable bonds is 6. The van der Waals surface area contributed by atoms with E-state index in [4.69, 9.17) is 0 Å². The van der Waals surface area contributed by atoms with Crippen molar-refractivity contribution in [1.82, 2.24) is 9.71 Å². The van der Waals surface area contributed by atoms with Gasteiger partial charge in [-0.15, -0.1) is 11.3 Å². The summed E-state index contributed by atoms with van der Waals surface area (Å²) in [6.07, 6.45) is 1.76. The first kappa shape index (κ1) is 18.1. The second-order valence-corrected chi connectivity index (χ2v) is 10.0. The first-order chi connectivity index (χ1) is 11.8. The van der Waals surface area contributed by atoms with Crippen LogP contribution in [0.5, 0.6) is 0 Å². The zero-order chi connectivity index (χ0) is 18.2. The quantitative estimate of drug-likeness (QED) is 0.545. The van der Waals surface area contributed by atoms with Gasteiger partial charge < -0.3 is 10.1 Å². The molecule has 0 unspecified atom stereocenters. The van der Waals surface area contributed by atoms with E-state index >= 15 is 0 Å². The van der Waals surface area contributed by atoms with Crippen LogP contribution in [0.1, 0.15) is 11.1 Å². The van der Waals surface area contributed by atoms with E-state index in [0.29, 0.717) is 3.79 Å². The molecule has 25 heavy (non-hydrogen) atoms. The first-order valence-electron chi connectivity index (χ1n) is 7.33. The SMILES string of the molecule is Cc1ccc2c(C[C@@H](NS(=O)(=O)c3ccc(Br)s3)C(=O)O)c[nH]c2c1. The fourth-order valence-electron chi connectivity index (χ4n) is 2.56. The van der Waals surface area contributed by atoms with Crippen molar-refractivity contribution < 1.29 is 18.3 Å². The molecular weight excluding hydrogens is 428 g/mol. The number of hydrogen-bond donors (Lipinski definition) is 3. The zero-order valence-electron chi connectivity index (χ0n) is 13.1. The number of aryl methyl sites for hydroxylation is 1. The van der Waals surface area contributed by atoms with Crippen molar-refractivity contribution in [3.05, 3.63) is 51.4 Å². The number of carbonyl (C=O) groups is 1. The molecule has 132 valence electrons. The molecule has 0 aliphatic heterocycles. The molecule has 0 aliphatic carbocycles. The number of aliphatic carboxylic acids is 1. The number of carboxylic acid groups (broad SMARTS) is 1. The van der Waals surface area contributed by atoms with Crippen LogP contribution in [0.15, 0.2) is 44.5 Å². The molecule has 1 aromatic carbocycles. The number of aromatic amines is 1. The van der Waals surface area contributed by atoms with Gasteiger partial charge in [0.2, 0.25) is 0 Å². The van der Waals surface area contributed by atoms with Crippen molar-refractivity contribution in [2.24, 2.45) is 0 Å². The minimum atomic E-state index is -3.90. The van der Waals surface area contributed by atoms with E-state index < -0.39 is 22.0 Å². The van der Waals surface area contributed by atoms with Gasteiger partial charge in [-0.25, -0.2) is 8.42 Å². The van der Waals surface area contributed by atoms with E-state index in [-0.39, 0.29) is 10.6 Å². The summed E-state index contributed by atoms with van der Waals surface area (Å²) in [5.41, 5.74) is 2.72. The van der Waals surface area contributed by atoms with Crippen LogP contribution in [-0.4, -0.2) is 30.5 Å². The molecule has 0 saturated heterocycles. The van der Waals surface area contributed by atoms with E-state index in [0.717, 1.165) is 33.4 Å². The molecule has 3 rings (SSSR count). The summed E-state index contributed by atoms with van der Waals surface area (Å²) in [5, 5.41) is 10.3. The number of nitrogens with one attached hydrogen (secondary N) is 2. The molecule has 3 aromatic rings. The van der Waals surface area contributed by atoms with Gasteiger partial charge in [0.15, 0.2) is 0 Å². The van der Waals surface area contributed by atoms with Crippen LogP contribution in [-0.2, 0) is 21.2 Å². The molecule has 0 aliphatic rings. The standard InChI is InChI=1S/C16H15BrN2O4S2/c1-9-2-3-11-10(8-18-12(11)6-9)7-13(16(20)21)19-25(22,23)15-5-4-14(17)24-15/h2-6,8,13,18-19H,7H2,1H3,(H,20,21)/t13-/m1/s1. The van der Waals surface area contributed by atoms with Crippen molar-refractivity contribution in [2.45, 2.75) is 23.6 Å². The fraction of sp³-hybridized carbons (Fsp3) is 0.188. The molecule has 2 aromatic heterocycles. The molecule has 0 amide bonds. The molecule has 0 radical (unpaired) electrons. The van der Waals surface area contributed by atoms with Gasteiger partial charge in [0.05, 0.1) is 3.79 Å². The molecule has 0 spiro atoms. The number of carboxylic acids is 1. The largest absolute Gasteiger partial charge is 0.480 e. The van der Waals surface area contributed by atoms with Crippen LogP contribution >= 0.6 is 27.3 Å². The van der Waals surface area contributed by atoms with Gasteiger partial charge in [0.25, 0.3) is 10.0 Å². The number of sulfonamides is 1. The van der Waals surface area contributed by atoms with Gasteiger partial charge in [-0.1, -0.05) is 12.1 Å². The van der Waals surface area contributed by atoms with Gasteiger partial charge in [0, 0.05) is 23.5 Å². The Labute approximate surface area is 157 Å². The number of hydrogen-bond acceptors (Lipinski definition) is 4. The number of H-pyrrole nitrogens is 1. The van der Waals surface area contributed by atoms with Gasteiger partial charge in [-0.05, 0) is 52.2 Å². The Morgan fingerprint density at radius 3 is 2.76 bits per heavy atom. The fourth-order valence-corrected chi connectivity index (χ4v) is 5.77. The van der Waals surface area contributed by atoms with E-state index in [1.165, 1.54) is 6.07 Å². The van der Waals surface area contributed by atoms with Crippen molar-refractivity contribution in [2.75, 3.05) is 0 Å². The van der Waals surface area contributed by atoms with Crippen LogP contribution < -0.4 is 4.72 Å². The maximum atomic E-state index is 12.4. The van der Waals surface area contributed by atoms with Gasteiger partial charge in [-0.2, -0.15) is 4.72 Å². The van der Waals surface area contributed by atoms with Crippen LogP contribution in [0.2, 0.25) is 0 Å². The maximum Gasteiger partial charge on any atom is 0.322 e. The van der Waals surface area contributed by atoms with E-state index in [1.807, 2.05) is 25.1 Å². The molecule has 6 nitrogen and oxygen atoms in total. The highest BCUT2D eigenvalue weighted by Gasteiger charge is 2.27. The summed E-state index contributed by atoms with van der Waals surface area (Å²) in [5.74, 6) is -1.22. The molecule has 0 fully saturated rings. The average Bonchev–Trinajstić information content (AvgIpc) is 3.13. The van der Waals surface area contributed by atoms with Crippen molar-refractivity contribution >= 4 is 54.2 Å². The van der Waals surface area contributed by atoms with Crippen LogP contribution in [0, 0.1) is 6.92 Å². The Balaban J connectivity index is 1.87. The monoisotopic (exact) mass is 442 g/mol. The third kappa shape index (κ3) is 3.95. The van der Waals surface area contributed by atoms with Crippen molar-refractivity contribution in [3.8, 4) is 0 Å². The number of thiophene rings is 1. The van der Waals surface area contributed by atoms with E-state index in [1.54, 1.807) is 12.3 Å². The number of aromatic nitrogens is 1. The Morgan fingerprint density at radius 2 is 2.12 bits per heavy atom. The molecular formula is C16H15BrN2O4S2. The lowest BCUT2D eigenvalue weighted by Crippen LogP contribution is -2.41. The highest BCUT2D eigenvalue weighted by atomic mass is 79.9. The second-order valence-electron chi connectivity index (χ2n) is 5.64. The lowest BCUT2D eigenvalue weighted by molar-refractivity contribution is -0.138. The molecule has 1 atom stereocenters. The number of halogens is 1. The van der Waals surface area contributed by atoms with Crippen LogP contribution in [0.25, 0.3) is 10.9 Å². The van der Waals surface area contributed by atoms with Crippen LogP contribution in [0.3, 0.4) is 0 Å². The summed E-state index contributed by atoms with van der Waals surface area (Å²) < 4.78 is 27.8. The van der Waals surface area contributed by atoms with Crippen LogP contribution in [0.4, 0.5) is 0 Å². The summed E-state index contributed by atoms with van der Waals surface area (Å²) in [7, 11) is -3.90. The average molecular weight is 443 g/mol. The summed E-state index contributed by atoms with van der Waals surface area (Å²) in [4.78, 5) is 14.7. The van der Waals surface area contributed by atoms with Gasteiger partial charge in [0.1, 0.15) is 10.3 Å². The summed E-state index contributed by atoms with van der Waals surface area (Å²) in [6.45, 7) is 1.97. The first-order valence-corrected chi connectivity index (χ1v) is 10.4. The molecule has 0 saturated carbocycles. The maximum absolute atomic E-state index is 12.4. The lowest BCUT2D eigenvalue weighted by Gasteiger charge is -2.13. The smallest absolute Gasteiger partial charge is 0.322 e. The van der Waals surface area contributed by atoms with Gasteiger partial charge in [-0.3, -0.25) is 4.79 Å².